The molecule has 1 saturated heterocycles. The Morgan fingerprint density at radius 3 is 2.73 bits per heavy atom. The van der Waals surface area contributed by atoms with Gasteiger partial charge in [-0.1, -0.05) is 19.1 Å². The molecule has 2 aliphatic carbocycles. The molecule has 0 radical (unpaired) electrons. The highest BCUT2D eigenvalue weighted by Gasteiger charge is 2.65. The van der Waals surface area contributed by atoms with E-state index < -0.39 is 5.82 Å². The number of pyridine rings is 1. The predicted molar refractivity (Wildman–Crippen MR) is 156 cm³/mol. The van der Waals surface area contributed by atoms with Crippen molar-refractivity contribution in [2.24, 2.45) is 17.3 Å². The van der Waals surface area contributed by atoms with E-state index in [1.165, 1.54) is 6.07 Å². The minimum Gasteiger partial charge on any atom is -0.437 e. The highest BCUT2D eigenvalue weighted by Crippen LogP contribution is 2.70. The lowest BCUT2D eigenvalue weighted by Gasteiger charge is -2.28. The van der Waals surface area contributed by atoms with Crippen molar-refractivity contribution < 1.29 is 13.9 Å². The maximum Gasteiger partial charge on any atom is 0.228 e. The number of halogens is 1. The van der Waals surface area contributed by atoms with Gasteiger partial charge in [-0.05, 0) is 86.4 Å². The number of rotatable bonds is 7. The number of piperidine rings is 1. The fraction of sp³-hybridized carbons (Fsp3) is 0.375. The fourth-order valence-corrected chi connectivity index (χ4v) is 6.16. The van der Waals surface area contributed by atoms with Gasteiger partial charge in [0.05, 0.1) is 16.9 Å². The first-order chi connectivity index (χ1) is 19.9. The molecule has 1 unspecified atom stereocenters. The van der Waals surface area contributed by atoms with E-state index in [1.807, 2.05) is 37.3 Å². The summed E-state index contributed by atoms with van der Waals surface area (Å²) in [4.78, 5) is 26.7. The van der Waals surface area contributed by atoms with Gasteiger partial charge in [0, 0.05) is 41.7 Å². The van der Waals surface area contributed by atoms with Crippen LogP contribution >= 0.6 is 0 Å². The second-order valence-corrected chi connectivity index (χ2v) is 11.9. The van der Waals surface area contributed by atoms with Crippen LogP contribution < -0.4 is 20.7 Å². The fourth-order valence-electron chi connectivity index (χ4n) is 6.16. The van der Waals surface area contributed by atoms with Gasteiger partial charge in [-0.25, -0.2) is 19.3 Å². The van der Waals surface area contributed by atoms with Crippen LogP contribution in [-0.2, 0) is 4.79 Å². The number of nitrogens with zero attached hydrogens (tertiary/aromatic N) is 3. The maximum absolute atomic E-state index is 15.1. The Morgan fingerprint density at radius 2 is 1.93 bits per heavy atom. The number of nitrogens with one attached hydrogen (secondary N) is 3. The summed E-state index contributed by atoms with van der Waals surface area (Å²) in [6.45, 7) is 6.05. The summed E-state index contributed by atoms with van der Waals surface area (Å²) >= 11 is 0. The molecule has 1 amide bonds. The van der Waals surface area contributed by atoms with Crippen LogP contribution in [0.5, 0.6) is 11.6 Å². The van der Waals surface area contributed by atoms with Crippen molar-refractivity contribution in [2.75, 3.05) is 23.7 Å². The number of anilines is 2. The molecule has 2 aromatic heterocycles. The van der Waals surface area contributed by atoms with E-state index in [0.29, 0.717) is 45.5 Å². The van der Waals surface area contributed by atoms with Crippen LogP contribution in [0.25, 0.3) is 22.0 Å². The van der Waals surface area contributed by atoms with Crippen molar-refractivity contribution >= 4 is 28.3 Å². The molecule has 1 aliphatic heterocycles. The lowest BCUT2D eigenvalue weighted by atomic mass is 9.98. The van der Waals surface area contributed by atoms with E-state index in [-0.39, 0.29) is 29.0 Å². The Kier molecular flexibility index (Phi) is 6.34. The van der Waals surface area contributed by atoms with Crippen LogP contribution in [0, 0.1) is 30.0 Å². The lowest BCUT2D eigenvalue weighted by Crippen LogP contribution is -2.42. The van der Waals surface area contributed by atoms with Crippen LogP contribution in [-0.4, -0.2) is 40.0 Å². The first-order valence-electron chi connectivity index (χ1n) is 14.4. The molecule has 1 spiro atoms. The Balaban J connectivity index is 1.19. The maximum atomic E-state index is 15.1. The van der Waals surface area contributed by atoms with Crippen molar-refractivity contribution in [3.05, 3.63) is 66.2 Å². The SMILES string of the molecule is Cc1ccc2c(NC(=O)C3CC34CC4)c(F)ccc2c1Oc1ncccc1-c1ccnc(N[C@@H]2CNC[C@H](C)C2)n1. The van der Waals surface area contributed by atoms with Crippen LogP contribution in [0.2, 0.25) is 0 Å². The smallest absolute Gasteiger partial charge is 0.228 e. The number of hydrogen-bond donors (Lipinski definition) is 3. The Hall–Kier alpha value is -4.11. The molecule has 2 saturated carbocycles. The highest BCUT2D eigenvalue weighted by atomic mass is 19.1. The summed E-state index contributed by atoms with van der Waals surface area (Å²) in [5, 5.41) is 11.1. The molecule has 3 aliphatic rings. The molecule has 210 valence electrons. The van der Waals surface area contributed by atoms with E-state index in [2.05, 4.69) is 32.8 Å². The first-order valence-corrected chi connectivity index (χ1v) is 14.4. The molecule has 3 N–H and O–H groups in total. The number of aromatic nitrogens is 3. The number of ether oxygens (including phenoxy) is 1. The summed E-state index contributed by atoms with van der Waals surface area (Å²) in [5.74, 6) is 1.49. The third kappa shape index (κ3) is 4.99. The van der Waals surface area contributed by atoms with Crippen molar-refractivity contribution in [3.63, 3.8) is 0 Å². The quantitative estimate of drug-likeness (QED) is 0.255. The summed E-state index contributed by atoms with van der Waals surface area (Å²) < 4.78 is 21.5. The van der Waals surface area contributed by atoms with E-state index >= 15 is 4.39 Å². The molecule has 7 rings (SSSR count). The number of amides is 1. The molecular weight excluding hydrogens is 519 g/mol. The van der Waals surface area contributed by atoms with Gasteiger partial charge in [-0.3, -0.25) is 4.79 Å². The average molecular weight is 553 g/mol. The Bertz CT molecular complexity index is 1660. The third-order valence-corrected chi connectivity index (χ3v) is 8.75. The van der Waals surface area contributed by atoms with Gasteiger partial charge < -0.3 is 20.7 Å². The van der Waals surface area contributed by atoms with Crippen LogP contribution in [0.3, 0.4) is 0 Å². The van der Waals surface area contributed by atoms with Crippen LogP contribution in [0.15, 0.2) is 54.9 Å². The molecule has 41 heavy (non-hydrogen) atoms. The van der Waals surface area contributed by atoms with Gasteiger partial charge in [0.25, 0.3) is 0 Å². The number of benzene rings is 2. The summed E-state index contributed by atoms with van der Waals surface area (Å²) in [7, 11) is 0. The lowest BCUT2D eigenvalue weighted by molar-refractivity contribution is -0.117. The molecule has 2 aromatic carbocycles. The molecule has 3 heterocycles. The van der Waals surface area contributed by atoms with Crippen molar-refractivity contribution in [1.29, 1.82) is 0 Å². The number of carbonyl (C=O) groups excluding carboxylic acids is 1. The van der Waals surface area contributed by atoms with E-state index in [4.69, 9.17) is 9.72 Å². The molecular formula is C32H33FN6O2. The van der Waals surface area contributed by atoms with Crippen molar-refractivity contribution in [1.82, 2.24) is 20.3 Å². The zero-order valence-corrected chi connectivity index (χ0v) is 23.2. The van der Waals surface area contributed by atoms with Gasteiger partial charge >= 0.3 is 0 Å². The normalized spacial score (nSPS) is 22.4. The second-order valence-electron chi connectivity index (χ2n) is 11.9. The average Bonchev–Trinajstić information content (AvgIpc) is 3.90. The molecule has 4 aromatic rings. The first kappa shape index (κ1) is 25.8. The minimum absolute atomic E-state index is 0.0144. The topological polar surface area (TPSA) is 101 Å². The number of aryl methyl sites for hydroxylation is 1. The molecule has 3 fully saturated rings. The summed E-state index contributed by atoms with van der Waals surface area (Å²) in [6, 6.07) is 12.6. The van der Waals surface area contributed by atoms with E-state index in [0.717, 1.165) is 44.3 Å². The van der Waals surface area contributed by atoms with Crippen molar-refractivity contribution in [2.45, 2.75) is 45.6 Å². The zero-order chi connectivity index (χ0) is 28.1. The molecule has 8 nitrogen and oxygen atoms in total. The molecule has 0 bridgehead atoms. The monoisotopic (exact) mass is 552 g/mol. The summed E-state index contributed by atoms with van der Waals surface area (Å²) in [5.41, 5.74) is 2.63. The van der Waals surface area contributed by atoms with E-state index in [1.54, 1.807) is 18.5 Å². The number of fused-ring (bicyclic) bond motifs is 1. The number of carbonyl (C=O) groups is 1. The highest BCUT2D eigenvalue weighted by molar-refractivity contribution is 6.06. The molecule has 9 heteroatoms. The third-order valence-electron chi connectivity index (χ3n) is 8.75. The zero-order valence-electron chi connectivity index (χ0n) is 23.2. The molecule has 3 atom stereocenters. The minimum atomic E-state index is -0.465. The van der Waals surface area contributed by atoms with E-state index in [9.17, 15) is 4.79 Å². The standard InChI is InChI=1S/C32H33FN6O2/c1-18-14-20(17-34-16-18)37-31-36-13-9-26(38-31)23-4-3-12-35-30(23)41-28-19(2)5-6-21-22(28)7-8-25(33)27(21)39-29(40)24-15-32(24)10-11-32/h3-9,12-13,18,20,24,34H,10-11,14-17H2,1-2H3,(H,39,40)(H,36,37,38)/t18-,20+,24?/m1/s1. The van der Waals surface area contributed by atoms with Crippen LogP contribution in [0.4, 0.5) is 16.0 Å². The van der Waals surface area contributed by atoms with Crippen LogP contribution in [0.1, 0.15) is 38.2 Å². The Labute approximate surface area is 238 Å². The predicted octanol–water partition coefficient (Wildman–Crippen LogP) is 6.08. The van der Waals surface area contributed by atoms with Crippen molar-refractivity contribution in [3.8, 4) is 22.9 Å². The van der Waals surface area contributed by atoms with Gasteiger partial charge in [0.2, 0.25) is 17.7 Å². The second kappa shape index (κ2) is 10.1. The largest absolute Gasteiger partial charge is 0.437 e. The van der Waals surface area contributed by atoms with Gasteiger partial charge in [0.1, 0.15) is 11.6 Å². The Morgan fingerprint density at radius 1 is 1.07 bits per heavy atom. The number of hydrogen-bond acceptors (Lipinski definition) is 7. The summed E-state index contributed by atoms with van der Waals surface area (Å²) in [6.07, 6.45) is 7.53. The van der Waals surface area contributed by atoms with Gasteiger partial charge in [-0.15, -0.1) is 0 Å². The van der Waals surface area contributed by atoms with Gasteiger partial charge in [0.15, 0.2) is 0 Å². The van der Waals surface area contributed by atoms with Gasteiger partial charge in [-0.2, -0.15) is 0 Å².